The summed E-state index contributed by atoms with van der Waals surface area (Å²) in [5, 5.41) is 5.93. The van der Waals surface area contributed by atoms with Crippen LogP contribution in [0.2, 0.25) is 5.02 Å². The Balaban J connectivity index is 1.70. The van der Waals surface area contributed by atoms with Gasteiger partial charge in [0.1, 0.15) is 5.82 Å². The molecule has 9 heteroatoms. The average molecular weight is 472 g/mol. The van der Waals surface area contributed by atoms with E-state index in [1.807, 2.05) is 0 Å². The molecule has 0 fully saturated rings. The van der Waals surface area contributed by atoms with Crippen LogP contribution < -0.4 is 4.72 Å². The van der Waals surface area contributed by atoms with Crippen LogP contribution in [0.4, 0.5) is 10.1 Å². The zero-order chi connectivity index (χ0) is 22.9. The quantitative estimate of drug-likeness (QED) is 0.570. The molecular weight excluding hydrogens is 453 g/mol. The van der Waals surface area contributed by atoms with Crippen molar-refractivity contribution in [2.24, 2.45) is 5.10 Å². The Morgan fingerprint density at radius 3 is 2.47 bits per heavy atom. The SMILES string of the molecule is CC(=O)N1N=C(c2ccccc2NS(=O)(=O)c2ccccc2)CC1c1ccc(F)cc1Cl. The van der Waals surface area contributed by atoms with Crippen LogP contribution in [-0.2, 0) is 14.8 Å². The van der Waals surface area contributed by atoms with Gasteiger partial charge in [-0.2, -0.15) is 5.10 Å². The van der Waals surface area contributed by atoms with Gasteiger partial charge in [0.2, 0.25) is 5.91 Å². The van der Waals surface area contributed by atoms with Crippen molar-refractivity contribution in [1.82, 2.24) is 5.01 Å². The van der Waals surface area contributed by atoms with Crippen molar-refractivity contribution in [2.45, 2.75) is 24.3 Å². The van der Waals surface area contributed by atoms with E-state index in [-0.39, 0.29) is 22.2 Å². The molecule has 1 amide bonds. The second-order valence-corrected chi connectivity index (χ2v) is 9.35. The maximum absolute atomic E-state index is 13.5. The van der Waals surface area contributed by atoms with Crippen LogP contribution in [0.1, 0.15) is 30.5 Å². The van der Waals surface area contributed by atoms with E-state index < -0.39 is 21.9 Å². The van der Waals surface area contributed by atoms with Gasteiger partial charge < -0.3 is 0 Å². The van der Waals surface area contributed by atoms with Crippen LogP contribution in [0.15, 0.2) is 82.8 Å². The Bertz CT molecular complexity index is 1310. The van der Waals surface area contributed by atoms with E-state index in [1.54, 1.807) is 42.5 Å². The molecule has 0 saturated heterocycles. The molecule has 32 heavy (non-hydrogen) atoms. The highest BCUT2D eigenvalue weighted by molar-refractivity contribution is 7.92. The van der Waals surface area contributed by atoms with E-state index in [0.29, 0.717) is 22.5 Å². The summed E-state index contributed by atoms with van der Waals surface area (Å²) in [6.07, 6.45) is 0.287. The highest BCUT2D eigenvalue weighted by atomic mass is 35.5. The van der Waals surface area contributed by atoms with E-state index in [9.17, 15) is 17.6 Å². The Kier molecular flexibility index (Phi) is 5.99. The predicted octanol–water partition coefficient (Wildman–Crippen LogP) is 4.98. The molecule has 0 aromatic heterocycles. The van der Waals surface area contributed by atoms with E-state index in [0.717, 1.165) is 0 Å². The van der Waals surface area contributed by atoms with Crippen LogP contribution >= 0.6 is 11.6 Å². The van der Waals surface area contributed by atoms with Crippen molar-refractivity contribution in [3.63, 3.8) is 0 Å². The first-order chi connectivity index (χ1) is 15.3. The van der Waals surface area contributed by atoms with Gasteiger partial charge >= 0.3 is 0 Å². The van der Waals surface area contributed by atoms with Gasteiger partial charge in [-0.05, 0) is 35.9 Å². The van der Waals surface area contributed by atoms with Crippen molar-refractivity contribution in [3.05, 3.63) is 94.8 Å². The number of sulfonamides is 1. The van der Waals surface area contributed by atoms with Crippen LogP contribution in [0.25, 0.3) is 0 Å². The van der Waals surface area contributed by atoms with Gasteiger partial charge in [0, 0.05) is 23.9 Å². The molecule has 6 nitrogen and oxygen atoms in total. The number of nitrogens with zero attached hydrogens (tertiary/aromatic N) is 2. The average Bonchev–Trinajstić information content (AvgIpc) is 3.20. The van der Waals surface area contributed by atoms with Crippen molar-refractivity contribution in [2.75, 3.05) is 4.72 Å². The van der Waals surface area contributed by atoms with E-state index in [4.69, 9.17) is 11.6 Å². The highest BCUT2D eigenvalue weighted by Crippen LogP contribution is 2.38. The third-order valence-corrected chi connectivity index (χ3v) is 6.80. The summed E-state index contributed by atoms with van der Waals surface area (Å²) in [6, 6.07) is 18.3. The number of hydrogen-bond donors (Lipinski definition) is 1. The van der Waals surface area contributed by atoms with Gasteiger partial charge in [-0.3, -0.25) is 9.52 Å². The number of carbonyl (C=O) groups is 1. The normalized spacial score (nSPS) is 16.0. The van der Waals surface area contributed by atoms with Gasteiger partial charge in [-0.1, -0.05) is 54.1 Å². The lowest BCUT2D eigenvalue weighted by Gasteiger charge is -2.21. The minimum absolute atomic E-state index is 0.129. The number of carbonyl (C=O) groups excluding carboxylic acids is 1. The number of amides is 1. The lowest BCUT2D eigenvalue weighted by Crippen LogP contribution is -2.24. The minimum atomic E-state index is -3.82. The summed E-state index contributed by atoms with van der Waals surface area (Å²) in [5.74, 6) is -0.791. The molecule has 1 aliphatic rings. The first kappa shape index (κ1) is 22.0. The van der Waals surface area contributed by atoms with E-state index >= 15 is 0 Å². The maximum Gasteiger partial charge on any atom is 0.261 e. The van der Waals surface area contributed by atoms with Crippen LogP contribution in [-0.4, -0.2) is 25.0 Å². The standard InChI is InChI=1S/C23H19ClFN3O3S/c1-15(29)28-23(18-12-11-16(25)13-20(18)24)14-22(26-28)19-9-5-6-10-21(19)27-32(30,31)17-7-3-2-4-8-17/h2-13,23,27H,14H2,1H3. The smallest absolute Gasteiger partial charge is 0.261 e. The number of hydrogen-bond acceptors (Lipinski definition) is 4. The van der Waals surface area contributed by atoms with Crippen LogP contribution in [0.3, 0.4) is 0 Å². The van der Waals surface area contributed by atoms with Crippen molar-refractivity contribution in [1.29, 1.82) is 0 Å². The Morgan fingerprint density at radius 2 is 1.78 bits per heavy atom. The van der Waals surface area contributed by atoms with Gasteiger partial charge in [-0.15, -0.1) is 0 Å². The Morgan fingerprint density at radius 1 is 1.09 bits per heavy atom. The molecule has 3 aromatic carbocycles. The van der Waals surface area contributed by atoms with Crippen LogP contribution in [0, 0.1) is 5.82 Å². The molecular formula is C23H19ClFN3O3S. The maximum atomic E-state index is 13.5. The number of benzene rings is 3. The van der Waals surface area contributed by atoms with Gasteiger partial charge in [0.05, 0.1) is 22.3 Å². The molecule has 1 heterocycles. The molecule has 1 aliphatic heterocycles. The molecule has 1 N–H and O–H groups in total. The Labute approximate surface area is 190 Å². The van der Waals surface area contributed by atoms with Gasteiger partial charge in [0.25, 0.3) is 10.0 Å². The van der Waals surface area contributed by atoms with Crippen molar-refractivity contribution < 1.29 is 17.6 Å². The molecule has 1 atom stereocenters. The zero-order valence-corrected chi connectivity index (χ0v) is 18.6. The molecule has 0 aliphatic carbocycles. The molecule has 164 valence electrons. The summed E-state index contributed by atoms with van der Waals surface area (Å²) in [5.41, 5.74) is 1.95. The minimum Gasteiger partial charge on any atom is -0.279 e. The van der Waals surface area contributed by atoms with Crippen molar-refractivity contribution in [3.8, 4) is 0 Å². The Hall–Kier alpha value is -3.23. The first-order valence-corrected chi connectivity index (χ1v) is 11.6. The number of rotatable bonds is 5. The van der Waals surface area contributed by atoms with Gasteiger partial charge in [0.15, 0.2) is 0 Å². The fraction of sp³-hybridized carbons (Fsp3) is 0.130. The molecule has 4 rings (SSSR count). The highest BCUT2D eigenvalue weighted by Gasteiger charge is 2.33. The summed E-state index contributed by atoms with van der Waals surface area (Å²) >= 11 is 6.24. The number of hydrazone groups is 1. The zero-order valence-electron chi connectivity index (χ0n) is 17.0. The predicted molar refractivity (Wildman–Crippen MR) is 122 cm³/mol. The molecule has 0 spiro atoms. The summed E-state index contributed by atoms with van der Waals surface area (Å²) in [6.45, 7) is 1.38. The molecule has 0 saturated carbocycles. The third kappa shape index (κ3) is 4.37. The second-order valence-electron chi connectivity index (χ2n) is 7.26. The van der Waals surface area contributed by atoms with Gasteiger partial charge in [-0.25, -0.2) is 17.8 Å². The topological polar surface area (TPSA) is 78.8 Å². The summed E-state index contributed by atoms with van der Waals surface area (Å²) in [4.78, 5) is 12.4. The third-order valence-electron chi connectivity index (χ3n) is 5.09. The largest absolute Gasteiger partial charge is 0.279 e. The number of nitrogens with one attached hydrogen (secondary N) is 1. The fourth-order valence-corrected chi connectivity index (χ4v) is 5.00. The molecule has 1 unspecified atom stereocenters. The number of halogens is 2. The molecule has 3 aromatic rings. The lowest BCUT2D eigenvalue weighted by atomic mass is 9.97. The van der Waals surface area contributed by atoms with Crippen LogP contribution in [0.5, 0.6) is 0 Å². The summed E-state index contributed by atoms with van der Waals surface area (Å²) in [7, 11) is -3.82. The first-order valence-electron chi connectivity index (χ1n) is 9.76. The number of anilines is 1. The summed E-state index contributed by atoms with van der Waals surface area (Å²) < 4.78 is 41.8. The molecule has 0 bridgehead atoms. The second kappa shape index (κ2) is 8.72. The number of para-hydroxylation sites is 1. The molecule has 0 radical (unpaired) electrons. The fourth-order valence-electron chi connectivity index (χ4n) is 3.60. The van der Waals surface area contributed by atoms with E-state index in [1.165, 1.54) is 42.3 Å². The van der Waals surface area contributed by atoms with Crippen molar-refractivity contribution >= 4 is 38.9 Å². The van der Waals surface area contributed by atoms with E-state index in [2.05, 4.69) is 9.82 Å². The monoisotopic (exact) mass is 471 g/mol. The lowest BCUT2D eigenvalue weighted by molar-refractivity contribution is -0.130.